The van der Waals surface area contributed by atoms with Gasteiger partial charge in [-0.1, -0.05) is 44.5 Å². The second kappa shape index (κ2) is 10.3. The molecule has 0 amide bonds. The topological polar surface area (TPSA) is 68.3 Å². The Morgan fingerprint density at radius 3 is 2.69 bits per heavy atom. The molecule has 1 aromatic heterocycles. The minimum absolute atomic E-state index is 0.391. The number of aryl methyl sites for hydroxylation is 4. The Morgan fingerprint density at radius 1 is 1.10 bits per heavy atom. The Kier molecular flexibility index (Phi) is 6.95. The number of imidazole rings is 1. The molecule has 1 saturated heterocycles. The summed E-state index contributed by atoms with van der Waals surface area (Å²) in [5, 5.41) is 7.35. The third-order valence-corrected chi connectivity index (χ3v) is 10.2. The monoisotopic (exact) mass is 526 g/mol. The molecule has 2 aromatic carbocycles. The third kappa shape index (κ3) is 5.20. The molecule has 3 saturated carbocycles. The standard InChI is InChI=1S/C33H46N6/c1-20-7-8-24(21(2)15-20)9-12-31-36-28-11-10-26(18-30(28)37-31)35-32(39-14-13-34-22(3)19-39)38-29-17-25-16-27(23(29)4)33(25,5)6/h7-8,10-11,15,18,22-23,25,27,29,34H,9,12-14,16-17,19H2,1-6H3,(H,35,38)(H,36,37)/t22-,23-,25+,27-,29-/m0/s1. The second-order valence-corrected chi connectivity index (χ2v) is 13.2. The van der Waals surface area contributed by atoms with Crippen LogP contribution in [0.4, 0.5) is 5.69 Å². The summed E-state index contributed by atoms with van der Waals surface area (Å²) in [7, 11) is 0. The number of nitrogens with one attached hydrogen (secondary N) is 3. The summed E-state index contributed by atoms with van der Waals surface area (Å²) in [6.07, 6.45) is 4.50. The van der Waals surface area contributed by atoms with Crippen LogP contribution in [0.2, 0.25) is 0 Å². The first kappa shape index (κ1) is 26.4. The number of nitrogens with zero attached hydrogens (tertiary/aromatic N) is 3. The van der Waals surface area contributed by atoms with Crippen LogP contribution in [-0.2, 0) is 12.8 Å². The molecule has 3 aromatic rings. The van der Waals surface area contributed by atoms with Gasteiger partial charge in [-0.2, -0.15) is 0 Å². The summed E-state index contributed by atoms with van der Waals surface area (Å²) in [5.74, 6) is 4.30. The lowest BCUT2D eigenvalue weighted by atomic mass is 9.45. The van der Waals surface area contributed by atoms with E-state index in [9.17, 15) is 0 Å². The molecule has 3 N–H and O–H groups in total. The van der Waals surface area contributed by atoms with Gasteiger partial charge in [0.25, 0.3) is 0 Å². The van der Waals surface area contributed by atoms with E-state index in [1.54, 1.807) is 0 Å². The van der Waals surface area contributed by atoms with Crippen molar-refractivity contribution in [3.63, 3.8) is 0 Å². The molecule has 6 heteroatoms. The largest absolute Gasteiger partial charge is 0.342 e. The van der Waals surface area contributed by atoms with Crippen molar-refractivity contribution in [3.05, 3.63) is 58.9 Å². The molecule has 4 aliphatic rings. The lowest BCUT2D eigenvalue weighted by Gasteiger charge is -2.61. The zero-order valence-corrected chi connectivity index (χ0v) is 24.6. The van der Waals surface area contributed by atoms with Crippen molar-refractivity contribution in [2.75, 3.05) is 25.0 Å². The number of guanidine groups is 1. The zero-order valence-electron chi connectivity index (χ0n) is 24.6. The fourth-order valence-corrected chi connectivity index (χ4v) is 7.53. The van der Waals surface area contributed by atoms with Crippen LogP contribution in [0.15, 0.2) is 41.4 Å². The van der Waals surface area contributed by atoms with Gasteiger partial charge in [0.05, 0.1) is 17.1 Å². The van der Waals surface area contributed by atoms with Crippen LogP contribution in [0, 0.1) is 37.0 Å². The van der Waals surface area contributed by atoms with Gasteiger partial charge in [-0.3, -0.25) is 0 Å². The van der Waals surface area contributed by atoms with Crippen LogP contribution in [0.1, 0.15) is 63.1 Å². The molecule has 3 aliphatic carbocycles. The Balaban J connectivity index is 1.21. The highest BCUT2D eigenvalue weighted by Gasteiger charge is 2.56. The fourth-order valence-electron chi connectivity index (χ4n) is 7.53. The lowest BCUT2D eigenvalue weighted by molar-refractivity contribution is -0.108. The highest BCUT2D eigenvalue weighted by Crippen LogP contribution is 2.61. The van der Waals surface area contributed by atoms with Gasteiger partial charge in [0.15, 0.2) is 5.96 Å². The normalized spacial score (nSPS) is 28.4. The van der Waals surface area contributed by atoms with Crippen LogP contribution < -0.4 is 10.6 Å². The molecule has 7 rings (SSSR count). The van der Waals surface area contributed by atoms with E-state index in [-0.39, 0.29) is 0 Å². The number of hydrogen-bond acceptors (Lipinski definition) is 3. The third-order valence-electron chi connectivity index (χ3n) is 10.2. The Hall–Kier alpha value is -2.86. The SMILES string of the molecule is Cc1ccc(CCc2nc3ccc(N/C(=N/[C@H]4C[C@H]5C[C@@H]([C@@H]4C)C5(C)C)N4CCN[C@@H](C)C4)cc3[nH]2)c(C)c1. The molecule has 0 spiro atoms. The highest BCUT2D eigenvalue weighted by atomic mass is 15.3. The molecule has 4 fully saturated rings. The number of aromatic nitrogens is 2. The van der Waals surface area contributed by atoms with Crippen molar-refractivity contribution in [2.24, 2.45) is 28.2 Å². The van der Waals surface area contributed by atoms with Crippen molar-refractivity contribution >= 4 is 22.7 Å². The lowest BCUT2D eigenvalue weighted by Crippen LogP contribution is -2.57. The first-order chi connectivity index (χ1) is 18.7. The van der Waals surface area contributed by atoms with Crippen molar-refractivity contribution < 1.29 is 0 Å². The van der Waals surface area contributed by atoms with E-state index in [1.807, 2.05) is 0 Å². The van der Waals surface area contributed by atoms with Crippen molar-refractivity contribution in [3.8, 4) is 0 Å². The molecule has 39 heavy (non-hydrogen) atoms. The maximum absolute atomic E-state index is 5.46. The number of benzene rings is 2. The minimum Gasteiger partial charge on any atom is -0.342 e. The molecule has 208 valence electrons. The Morgan fingerprint density at radius 2 is 1.95 bits per heavy atom. The number of anilines is 1. The van der Waals surface area contributed by atoms with E-state index in [2.05, 4.69) is 98.5 Å². The number of piperazine rings is 1. The molecule has 1 aliphatic heterocycles. The number of hydrogen-bond donors (Lipinski definition) is 3. The van der Waals surface area contributed by atoms with Crippen LogP contribution in [0.25, 0.3) is 11.0 Å². The first-order valence-corrected chi connectivity index (χ1v) is 15.1. The number of fused-ring (bicyclic) bond motifs is 3. The van der Waals surface area contributed by atoms with Crippen molar-refractivity contribution in [1.29, 1.82) is 0 Å². The van der Waals surface area contributed by atoms with E-state index in [4.69, 9.17) is 9.98 Å². The fraction of sp³-hybridized carbons (Fsp3) is 0.576. The number of rotatable bonds is 5. The maximum Gasteiger partial charge on any atom is 0.198 e. The summed E-state index contributed by atoms with van der Waals surface area (Å²) < 4.78 is 0. The first-order valence-electron chi connectivity index (χ1n) is 15.1. The molecule has 0 radical (unpaired) electrons. The molecule has 2 heterocycles. The van der Waals surface area contributed by atoms with Gasteiger partial charge in [-0.25, -0.2) is 9.98 Å². The van der Waals surface area contributed by atoms with Crippen LogP contribution in [0.5, 0.6) is 0 Å². The smallest absolute Gasteiger partial charge is 0.198 e. The van der Waals surface area contributed by atoms with Crippen LogP contribution in [0.3, 0.4) is 0 Å². The van der Waals surface area contributed by atoms with Crippen LogP contribution in [-0.4, -0.2) is 52.5 Å². The molecule has 0 unspecified atom stereocenters. The van der Waals surface area contributed by atoms with E-state index in [1.165, 1.54) is 29.5 Å². The summed E-state index contributed by atoms with van der Waals surface area (Å²) in [4.78, 5) is 16.4. The number of aliphatic imine (C=N–C) groups is 1. The van der Waals surface area contributed by atoms with Gasteiger partial charge in [-0.15, -0.1) is 0 Å². The Bertz CT molecular complexity index is 1370. The van der Waals surface area contributed by atoms with Crippen molar-refractivity contribution in [1.82, 2.24) is 20.2 Å². The highest BCUT2D eigenvalue weighted by molar-refractivity contribution is 5.95. The van der Waals surface area contributed by atoms with Gasteiger partial charge in [0, 0.05) is 37.8 Å². The average molecular weight is 527 g/mol. The van der Waals surface area contributed by atoms with Gasteiger partial charge in [0.1, 0.15) is 5.82 Å². The van der Waals surface area contributed by atoms with Crippen molar-refractivity contribution in [2.45, 2.75) is 79.3 Å². The predicted molar refractivity (Wildman–Crippen MR) is 162 cm³/mol. The van der Waals surface area contributed by atoms with Gasteiger partial charge in [0.2, 0.25) is 0 Å². The molecular formula is C33H46N6. The minimum atomic E-state index is 0.391. The van der Waals surface area contributed by atoms with Gasteiger partial charge >= 0.3 is 0 Å². The van der Waals surface area contributed by atoms with Crippen LogP contribution >= 0.6 is 0 Å². The quantitative estimate of drug-likeness (QED) is 0.278. The summed E-state index contributed by atoms with van der Waals surface area (Å²) in [6.45, 7) is 16.9. The number of aromatic amines is 1. The Labute approximate surface area is 234 Å². The second-order valence-electron chi connectivity index (χ2n) is 13.2. The molecule has 2 bridgehead atoms. The summed E-state index contributed by atoms with van der Waals surface area (Å²) in [6, 6.07) is 14.1. The molecule has 6 nitrogen and oxygen atoms in total. The molecule has 5 atom stereocenters. The molecular weight excluding hydrogens is 480 g/mol. The summed E-state index contributed by atoms with van der Waals surface area (Å²) in [5.41, 5.74) is 7.73. The summed E-state index contributed by atoms with van der Waals surface area (Å²) >= 11 is 0. The van der Waals surface area contributed by atoms with E-state index < -0.39 is 0 Å². The maximum atomic E-state index is 5.46. The zero-order chi connectivity index (χ0) is 27.3. The average Bonchev–Trinajstić information content (AvgIpc) is 3.30. The van der Waals surface area contributed by atoms with E-state index in [0.717, 1.165) is 72.8 Å². The van der Waals surface area contributed by atoms with E-state index in [0.29, 0.717) is 23.4 Å². The number of H-pyrrole nitrogens is 1. The van der Waals surface area contributed by atoms with Gasteiger partial charge < -0.3 is 20.5 Å². The van der Waals surface area contributed by atoms with Gasteiger partial charge in [-0.05, 0) is 92.5 Å². The predicted octanol–water partition coefficient (Wildman–Crippen LogP) is 6.10. The van der Waals surface area contributed by atoms with E-state index >= 15 is 0 Å².